The van der Waals surface area contributed by atoms with Gasteiger partial charge in [-0.1, -0.05) is 29.4 Å². The molecule has 0 N–H and O–H groups in total. The molecule has 0 unspecified atom stereocenters. The van der Waals surface area contributed by atoms with E-state index in [-0.39, 0.29) is 5.56 Å². The predicted octanol–water partition coefficient (Wildman–Crippen LogP) is 3.34. The molecule has 7 heteroatoms. The van der Waals surface area contributed by atoms with Gasteiger partial charge in [-0.3, -0.25) is 9.36 Å². The van der Waals surface area contributed by atoms with E-state index >= 15 is 0 Å². The van der Waals surface area contributed by atoms with Crippen molar-refractivity contribution in [2.24, 2.45) is 7.05 Å². The maximum absolute atomic E-state index is 12.2. The molecule has 0 spiro atoms. The average molecular weight is 324 g/mol. The third-order valence-electron chi connectivity index (χ3n) is 2.82. The lowest BCUT2D eigenvalue weighted by atomic mass is 10.3. The molecule has 0 aliphatic carbocycles. The number of thioether (sulfide) groups is 1. The first-order valence-electron chi connectivity index (χ1n) is 5.82. The van der Waals surface area contributed by atoms with E-state index in [1.807, 2.05) is 17.5 Å². The monoisotopic (exact) mass is 323 g/mol. The smallest absolute Gasteiger partial charge is 0.262 e. The Morgan fingerprint density at radius 2 is 2.25 bits per heavy atom. The molecule has 0 aliphatic rings. The highest BCUT2D eigenvalue weighted by atomic mass is 35.5. The van der Waals surface area contributed by atoms with Gasteiger partial charge >= 0.3 is 0 Å². The van der Waals surface area contributed by atoms with Gasteiger partial charge in [0.25, 0.3) is 5.56 Å². The van der Waals surface area contributed by atoms with E-state index in [1.54, 1.807) is 23.9 Å². The van der Waals surface area contributed by atoms with E-state index in [2.05, 4.69) is 9.97 Å². The first-order valence-corrected chi connectivity index (χ1v) is 8.07. The van der Waals surface area contributed by atoms with Gasteiger partial charge in [0.15, 0.2) is 5.16 Å². The Morgan fingerprint density at radius 1 is 1.40 bits per heavy atom. The summed E-state index contributed by atoms with van der Waals surface area (Å²) in [5.41, 5.74) is 1.04. The molecule has 0 aromatic carbocycles. The van der Waals surface area contributed by atoms with Crippen LogP contribution in [-0.2, 0) is 12.8 Å². The standard InChI is InChI=1S/C13H10ClN3OS2/c1-17-12(18)9-4-5-19-11(9)16-13(17)20-7-8-2-3-10(14)15-6-8/h2-6H,7H2,1H3. The number of hydrogen-bond donors (Lipinski definition) is 0. The van der Waals surface area contributed by atoms with Crippen LogP contribution in [0.15, 0.2) is 39.7 Å². The quantitative estimate of drug-likeness (QED) is 0.421. The summed E-state index contributed by atoms with van der Waals surface area (Å²) < 4.78 is 1.59. The number of hydrogen-bond acceptors (Lipinski definition) is 5. The number of fused-ring (bicyclic) bond motifs is 1. The van der Waals surface area contributed by atoms with Crippen molar-refractivity contribution >= 4 is 44.9 Å². The molecule has 4 nitrogen and oxygen atoms in total. The van der Waals surface area contributed by atoms with E-state index in [1.165, 1.54) is 23.1 Å². The van der Waals surface area contributed by atoms with Crippen LogP contribution in [0.2, 0.25) is 5.15 Å². The van der Waals surface area contributed by atoms with Crippen LogP contribution in [-0.4, -0.2) is 14.5 Å². The summed E-state index contributed by atoms with van der Waals surface area (Å²) in [6, 6.07) is 5.49. The van der Waals surface area contributed by atoms with Crippen LogP contribution in [0.5, 0.6) is 0 Å². The summed E-state index contributed by atoms with van der Waals surface area (Å²) in [5.74, 6) is 0.696. The molecule has 20 heavy (non-hydrogen) atoms. The number of nitrogens with zero attached hydrogens (tertiary/aromatic N) is 3. The Morgan fingerprint density at radius 3 is 3.00 bits per heavy atom. The number of pyridine rings is 1. The molecule has 0 amide bonds. The fraction of sp³-hybridized carbons (Fsp3) is 0.154. The minimum atomic E-state index is -0.00650. The summed E-state index contributed by atoms with van der Waals surface area (Å²) >= 11 is 8.75. The summed E-state index contributed by atoms with van der Waals surface area (Å²) in [7, 11) is 1.74. The first-order chi connectivity index (χ1) is 9.65. The Bertz CT molecular complexity index is 811. The van der Waals surface area contributed by atoms with Crippen molar-refractivity contribution in [3.8, 4) is 0 Å². The van der Waals surface area contributed by atoms with Crippen molar-refractivity contribution in [3.63, 3.8) is 0 Å². The Hall–Kier alpha value is -1.37. The van der Waals surface area contributed by atoms with E-state index < -0.39 is 0 Å². The Balaban J connectivity index is 1.89. The molecular formula is C13H10ClN3OS2. The van der Waals surface area contributed by atoms with Gasteiger partial charge in [0.05, 0.1) is 5.39 Å². The molecule has 3 aromatic rings. The van der Waals surface area contributed by atoms with Crippen LogP contribution < -0.4 is 5.56 Å². The zero-order valence-corrected chi connectivity index (χ0v) is 12.9. The maximum Gasteiger partial charge on any atom is 0.262 e. The third kappa shape index (κ3) is 2.59. The van der Waals surface area contributed by atoms with Crippen molar-refractivity contribution in [1.29, 1.82) is 0 Å². The van der Waals surface area contributed by atoms with Crippen molar-refractivity contribution in [1.82, 2.24) is 14.5 Å². The highest BCUT2D eigenvalue weighted by molar-refractivity contribution is 7.98. The van der Waals surface area contributed by atoms with Crippen molar-refractivity contribution in [2.75, 3.05) is 0 Å². The van der Waals surface area contributed by atoms with Crippen LogP contribution in [0, 0.1) is 0 Å². The fourth-order valence-electron chi connectivity index (χ4n) is 1.75. The largest absolute Gasteiger partial charge is 0.290 e. The van der Waals surface area contributed by atoms with E-state index in [0.29, 0.717) is 21.4 Å². The summed E-state index contributed by atoms with van der Waals surface area (Å²) in [5, 5.41) is 3.75. The molecule has 0 fully saturated rings. The van der Waals surface area contributed by atoms with E-state index in [9.17, 15) is 4.79 Å². The minimum absolute atomic E-state index is 0.00650. The molecular weight excluding hydrogens is 314 g/mol. The molecule has 0 saturated heterocycles. The van der Waals surface area contributed by atoms with Gasteiger partial charge in [-0.25, -0.2) is 9.97 Å². The Labute approximate surface area is 128 Å². The van der Waals surface area contributed by atoms with Crippen LogP contribution in [0.4, 0.5) is 0 Å². The average Bonchev–Trinajstić information content (AvgIpc) is 2.91. The lowest BCUT2D eigenvalue weighted by Crippen LogP contribution is -2.19. The Kier molecular flexibility index (Phi) is 3.78. The molecule has 0 saturated carbocycles. The van der Waals surface area contributed by atoms with E-state index in [0.717, 1.165) is 10.4 Å². The number of thiophene rings is 1. The second-order valence-corrected chi connectivity index (χ2v) is 6.40. The number of aromatic nitrogens is 3. The third-order valence-corrected chi connectivity index (χ3v) is 4.95. The van der Waals surface area contributed by atoms with Gasteiger partial charge in [-0.2, -0.15) is 0 Å². The number of rotatable bonds is 3. The molecule has 0 radical (unpaired) electrons. The number of halogens is 1. The predicted molar refractivity (Wildman–Crippen MR) is 83.7 cm³/mol. The van der Waals surface area contributed by atoms with Crippen molar-refractivity contribution in [3.05, 3.63) is 50.8 Å². The molecule has 3 heterocycles. The lowest BCUT2D eigenvalue weighted by molar-refractivity contribution is 0.728. The molecule has 0 bridgehead atoms. The minimum Gasteiger partial charge on any atom is -0.290 e. The van der Waals surface area contributed by atoms with Crippen LogP contribution in [0.1, 0.15) is 5.56 Å². The van der Waals surface area contributed by atoms with Gasteiger partial charge in [-0.05, 0) is 23.1 Å². The highest BCUT2D eigenvalue weighted by Crippen LogP contribution is 2.23. The SMILES string of the molecule is Cn1c(SCc2ccc(Cl)nc2)nc2sccc2c1=O. The zero-order valence-electron chi connectivity index (χ0n) is 10.5. The van der Waals surface area contributed by atoms with Gasteiger partial charge in [0.1, 0.15) is 9.98 Å². The van der Waals surface area contributed by atoms with Crippen molar-refractivity contribution < 1.29 is 0 Å². The topological polar surface area (TPSA) is 47.8 Å². The highest BCUT2D eigenvalue weighted by Gasteiger charge is 2.09. The first kappa shape index (κ1) is 13.6. The second-order valence-electron chi connectivity index (χ2n) is 4.18. The molecule has 3 aromatic heterocycles. The van der Waals surface area contributed by atoms with Gasteiger partial charge in [-0.15, -0.1) is 11.3 Å². The van der Waals surface area contributed by atoms with Crippen molar-refractivity contribution in [2.45, 2.75) is 10.9 Å². The van der Waals surface area contributed by atoms with Gasteiger partial charge in [0.2, 0.25) is 0 Å². The second kappa shape index (κ2) is 5.55. The van der Waals surface area contributed by atoms with Crippen LogP contribution in [0.3, 0.4) is 0 Å². The van der Waals surface area contributed by atoms with E-state index in [4.69, 9.17) is 11.6 Å². The fourth-order valence-corrected chi connectivity index (χ4v) is 3.57. The van der Waals surface area contributed by atoms with Crippen LogP contribution >= 0.6 is 34.7 Å². The van der Waals surface area contributed by atoms with Gasteiger partial charge in [0, 0.05) is 19.0 Å². The van der Waals surface area contributed by atoms with Gasteiger partial charge < -0.3 is 0 Å². The van der Waals surface area contributed by atoms with Crippen LogP contribution in [0.25, 0.3) is 10.2 Å². The molecule has 0 aliphatic heterocycles. The molecule has 0 atom stereocenters. The summed E-state index contributed by atoms with van der Waals surface area (Å²) in [4.78, 5) is 21.5. The molecule has 3 rings (SSSR count). The molecule has 102 valence electrons. The zero-order chi connectivity index (χ0) is 14.1. The maximum atomic E-state index is 12.2. The summed E-state index contributed by atoms with van der Waals surface area (Å²) in [6.07, 6.45) is 1.73. The lowest BCUT2D eigenvalue weighted by Gasteiger charge is -2.06. The summed E-state index contributed by atoms with van der Waals surface area (Å²) in [6.45, 7) is 0. The normalized spacial score (nSPS) is 11.1.